The minimum atomic E-state index is -4.05. The summed E-state index contributed by atoms with van der Waals surface area (Å²) in [5.41, 5.74) is -1.25. The maximum absolute atomic E-state index is 12.0. The van der Waals surface area contributed by atoms with E-state index in [0.717, 1.165) is 0 Å². The molecular weight excluding hydrogens is 226 g/mol. The molecule has 0 aromatic heterocycles. The molecule has 4 N–H and O–H groups in total. The highest BCUT2D eigenvalue weighted by atomic mass is 16.6. The Hall–Kier alpha value is -1.30. The number of carbonyl (C=O) groups is 2. The van der Waals surface area contributed by atoms with Crippen LogP contribution in [0.4, 0.5) is 4.79 Å². The molecule has 17 heavy (non-hydrogen) atoms. The third-order valence-corrected chi connectivity index (χ3v) is 1.05. The maximum atomic E-state index is 12.0. The van der Waals surface area contributed by atoms with Crippen molar-refractivity contribution in [3.63, 3.8) is 0 Å². The summed E-state index contributed by atoms with van der Waals surface area (Å²) in [7, 11) is 0. The topological polar surface area (TPSA) is 107 Å². The number of carboxylic acid groups (broad SMARTS) is 1. The van der Waals surface area contributed by atoms with Crippen molar-refractivity contribution in [2.24, 2.45) is 5.89 Å². The van der Waals surface area contributed by atoms with Crippen molar-refractivity contribution in [2.45, 2.75) is 52.5 Å². The first-order valence-corrected chi connectivity index (χ1v) is 4.28. The minimum Gasteiger partial charge on any atom is -0.480 e. The summed E-state index contributed by atoms with van der Waals surface area (Å²) in [6.07, 6.45) is -5.83. The van der Waals surface area contributed by atoms with Gasteiger partial charge < -0.3 is 20.6 Å². The molecule has 0 fully saturated rings. The lowest BCUT2D eigenvalue weighted by molar-refractivity contribution is -0.139. The molecule has 0 aromatic rings. The van der Waals surface area contributed by atoms with Gasteiger partial charge in [0, 0.05) is 11.0 Å². The van der Waals surface area contributed by atoms with Crippen LogP contribution in [-0.4, -0.2) is 34.3 Å². The van der Waals surface area contributed by atoms with Gasteiger partial charge in [-0.3, -0.25) is 0 Å². The Kier molecular flexibility index (Phi) is 2.53. The maximum Gasteiger partial charge on any atom is 0.408 e. The highest BCUT2D eigenvalue weighted by Gasteiger charge is 2.24. The number of hydrogen-bond donors (Lipinski definition) is 2. The molecule has 0 rings (SSSR count). The SMILES string of the molecule is O.[2H]C([2H])C([2H])(C([2H])([2H])[2H])C([2H])([2H])[C@@]([2H])(C(=O)O)N([2H])C(=O)OC(C)(C)C. The van der Waals surface area contributed by atoms with Gasteiger partial charge in [-0.15, -0.1) is 0 Å². The Morgan fingerprint density at radius 2 is 2.24 bits per heavy atom. The van der Waals surface area contributed by atoms with Crippen molar-refractivity contribution in [3.05, 3.63) is 0 Å². The third kappa shape index (κ3) is 9.62. The fourth-order valence-corrected chi connectivity index (χ4v) is 0.633. The fraction of sp³-hybridized carbons (Fsp3) is 0.818. The van der Waals surface area contributed by atoms with Crippen LogP contribution in [0.5, 0.6) is 0 Å². The standard InChI is InChI=1S/C11H21NO4.H2O/c1-7(2)6-8(9(13)14)12-10(15)16-11(3,4)5;/h7-8H,6H2,1-5H3,(H,12,15)(H,13,14);1H2/t8-;/m0./s1/i1D2,2D3,6D2,7D,8D;/hD/t7?,8-;. The predicted octanol–water partition coefficient (Wildman–Crippen LogP) is 1.19. The van der Waals surface area contributed by atoms with Crippen LogP contribution < -0.4 is 5.31 Å². The Bertz CT molecular complexity index is 563. The number of carboxylic acids is 1. The number of rotatable bonds is 4. The van der Waals surface area contributed by atoms with Crippen molar-refractivity contribution >= 4 is 12.1 Å². The van der Waals surface area contributed by atoms with Gasteiger partial charge in [0.1, 0.15) is 11.6 Å². The van der Waals surface area contributed by atoms with Crippen molar-refractivity contribution in [1.82, 2.24) is 5.31 Å². The summed E-state index contributed by atoms with van der Waals surface area (Å²) in [5.74, 6) is -6.24. The molecular formula is C11H23NO5. The molecule has 0 aliphatic heterocycles. The molecule has 0 heterocycles. The van der Waals surface area contributed by atoms with Gasteiger partial charge in [-0.05, 0) is 33.0 Å². The van der Waals surface area contributed by atoms with Gasteiger partial charge in [0.05, 0.1) is 1.37 Å². The van der Waals surface area contributed by atoms with Gasteiger partial charge in [-0.25, -0.2) is 9.59 Å². The number of aliphatic carboxylic acids is 1. The molecule has 0 aliphatic rings. The molecule has 0 spiro atoms. The van der Waals surface area contributed by atoms with Crippen molar-refractivity contribution in [2.75, 3.05) is 0 Å². The summed E-state index contributed by atoms with van der Waals surface area (Å²) in [5, 5.41) is 8.57. The number of nitrogens with one attached hydrogen (secondary N) is 1. The van der Waals surface area contributed by atoms with Crippen LogP contribution in [0.15, 0.2) is 0 Å². The lowest BCUT2D eigenvalue weighted by Gasteiger charge is -2.22. The van der Waals surface area contributed by atoms with E-state index in [4.69, 9.17) is 18.5 Å². The van der Waals surface area contributed by atoms with Gasteiger partial charge in [-0.1, -0.05) is 13.7 Å². The zero-order valence-electron chi connectivity index (χ0n) is 19.7. The van der Waals surface area contributed by atoms with Crippen molar-refractivity contribution in [3.8, 4) is 0 Å². The number of alkyl carbamates (subject to hydrolysis) is 1. The van der Waals surface area contributed by atoms with E-state index in [-0.39, 0.29) is 5.48 Å². The second-order valence-corrected chi connectivity index (χ2v) is 3.78. The highest BCUT2D eigenvalue weighted by molar-refractivity contribution is 5.79. The number of ether oxygens (including phenoxy) is 1. The van der Waals surface area contributed by atoms with Crippen molar-refractivity contribution < 1.29 is 38.7 Å². The smallest absolute Gasteiger partial charge is 0.408 e. The van der Waals surface area contributed by atoms with Crippen LogP contribution in [0.1, 0.15) is 53.2 Å². The molecule has 2 atom stereocenters. The zero-order chi connectivity index (χ0) is 21.5. The van der Waals surface area contributed by atoms with Gasteiger partial charge in [-0.2, -0.15) is 0 Å². The van der Waals surface area contributed by atoms with Gasteiger partial charge in [0.2, 0.25) is 0 Å². The zero-order valence-corrected chi connectivity index (χ0v) is 9.70. The Balaban J connectivity index is 0. The van der Waals surface area contributed by atoms with Crippen LogP contribution in [0, 0.1) is 5.89 Å². The molecule has 1 amide bonds. The Morgan fingerprint density at radius 3 is 2.59 bits per heavy atom. The van der Waals surface area contributed by atoms with Crippen LogP contribution in [-0.2, 0) is 9.53 Å². The number of amides is 1. The first-order chi connectivity index (χ1) is 11.2. The van der Waals surface area contributed by atoms with E-state index in [1.54, 1.807) is 0 Å². The molecule has 0 aromatic carbocycles. The lowest BCUT2D eigenvalue weighted by Crippen LogP contribution is -2.44. The Morgan fingerprint density at radius 1 is 1.65 bits per heavy atom. The summed E-state index contributed by atoms with van der Waals surface area (Å²) in [6, 6.07) is -3.99. The fourth-order valence-electron chi connectivity index (χ4n) is 0.633. The molecule has 0 saturated heterocycles. The highest BCUT2D eigenvalue weighted by Crippen LogP contribution is 2.09. The number of hydrogen-bond acceptors (Lipinski definition) is 3. The first kappa shape index (κ1) is 6.04. The van der Waals surface area contributed by atoms with Crippen LogP contribution in [0.2, 0.25) is 1.41 Å². The van der Waals surface area contributed by atoms with Gasteiger partial charge in [0.25, 0.3) is 0 Å². The van der Waals surface area contributed by atoms with E-state index in [9.17, 15) is 14.7 Å². The molecule has 0 bridgehead atoms. The Labute approximate surface area is 116 Å². The monoisotopic (exact) mass is 259 g/mol. The number of carbonyl (C=O) groups excluding carboxylic acids is 1. The molecule has 6 heteroatoms. The van der Waals surface area contributed by atoms with E-state index in [1.807, 2.05) is 0 Å². The minimum absolute atomic E-state index is 0. The van der Waals surface area contributed by atoms with Crippen LogP contribution in [0.25, 0.3) is 0 Å². The average molecular weight is 259 g/mol. The predicted molar refractivity (Wildman–Crippen MR) is 63.9 cm³/mol. The molecule has 0 radical (unpaired) electrons. The van der Waals surface area contributed by atoms with E-state index in [0.29, 0.717) is 0 Å². The van der Waals surface area contributed by atoms with Crippen LogP contribution >= 0.6 is 0 Å². The van der Waals surface area contributed by atoms with Gasteiger partial charge >= 0.3 is 12.1 Å². The molecule has 102 valence electrons. The van der Waals surface area contributed by atoms with E-state index < -0.39 is 55.0 Å². The first-order valence-electron chi connectivity index (χ1n) is 9.38. The molecule has 0 saturated carbocycles. The second-order valence-electron chi connectivity index (χ2n) is 3.78. The molecule has 1 unspecified atom stereocenters. The largest absolute Gasteiger partial charge is 0.480 e. The summed E-state index contributed by atoms with van der Waals surface area (Å²) in [6.45, 7) is -2.45. The quantitative estimate of drug-likeness (QED) is 0.790. The van der Waals surface area contributed by atoms with E-state index in [1.165, 1.54) is 20.8 Å². The lowest BCUT2D eigenvalue weighted by atomic mass is 10.0. The van der Waals surface area contributed by atoms with Crippen molar-refractivity contribution in [1.29, 1.82) is 0 Å². The summed E-state index contributed by atoms with van der Waals surface area (Å²) < 4.78 is 80.1. The van der Waals surface area contributed by atoms with Crippen LogP contribution in [0.3, 0.4) is 0 Å². The van der Waals surface area contributed by atoms with E-state index >= 15 is 0 Å². The summed E-state index contributed by atoms with van der Waals surface area (Å²) in [4.78, 5) is 23.6. The third-order valence-electron chi connectivity index (χ3n) is 1.05. The van der Waals surface area contributed by atoms with Gasteiger partial charge in [0.15, 0.2) is 1.41 Å². The normalized spacial score (nSPS) is 28.2. The average Bonchev–Trinajstić information content (AvgIpc) is 2.40. The summed E-state index contributed by atoms with van der Waals surface area (Å²) >= 11 is 0. The second kappa shape index (κ2) is 7.11. The molecule has 0 aliphatic carbocycles. The molecule has 6 nitrogen and oxygen atoms in total. The van der Waals surface area contributed by atoms with E-state index in [2.05, 4.69) is 0 Å².